The predicted octanol–water partition coefficient (Wildman–Crippen LogP) is 3.07. The minimum absolute atomic E-state index is 0.250. The summed E-state index contributed by atoms with van der Waals surface area (Å²) in [7, 11) is 1.54. The Bertz CT molecular complexity index is 1050. The van der Waals surface area contributed by atoms with Gasteiger partial charge in [-0.05, 0) is 23.8 Å². The van der Waals surface area contributed by atoms with Crippen molar-refractivity contribution in [1.29, 1.82) is 0 Å². The predicted molar refractivity (Wildman–Crippen MR) is 101 cm³/mol. The lowest BCUT2D eigenvalue weighted by atomic mass is 10.1. The van der Waals surface area contributed by atoms with Crippen molar-refractivity contribution in [2.45, 2.75) is 11.9 Å². The van der Waals surface area contributed by atoms with Crippen LogP contribution >= 0.6 is 11.6 Å². The molecular formula is C18H16ClFN6O. The molecule has 1 atom stereocenters. The van der Waals surface area contributed by atoms with Crippen LogP contribution in [0.1, 0.15) is 11.1 Å². The number of H-pyrrole nitrogens is 1. The molecule has 4 rings (SSSR count). The van der Waals surface area contributed by atoms with Crippen molar-refractivity contribution in [3.63, 3.8) is 0 Å². The summed E-state index contributed by atoms with van der Waals surface area (Å²) >= 11 is 5.90. The van der Waals surface area contributed by atoms with Gasteiger partial charge in [-0.3, -0.25) is 0 Å². The zero-order valence-corrected chi connectivity index (χ0v) is 15.1. The standard InChI is InChI=1S/C18H16ClFN6O/c1-27-18-15-11(7-22-17(15)23-9-24-18)6-10-2-5-14(26-16(10)20)25-12-3-4-13(19)21-8-12/h2-5,7-9,13,21H,6H2,1H3,(H,25,26)(H,22,23,24). The SMILES string of the molecule is COc1ncnc2[nH]cc(Cc3ccc(NC4=CNC(Cl)C=C4)nc3F)c12. The molecule has 1 aliphatic heterocycles. The third-order valence-corrected chi connectivity index (χ3v) is 4.40. The van der Waals surface area contributed by atoms with E-state index < -0.39 is 5.95 Å². The lowest BCUT2D eigenvalue weighted by Gasteiger charge is -2.14. The largest absolute Gasteiger partial charge is 0.480 e. The van der Waals surface area contributed by atoms with Crippen molar-refractivity contribution in [3.8, 4) is 5.88 Å². The first-order valence-corrected chi connectivity index (χ1v) is 8.63. The topological polar surface area (TPSA) is 87.8 Å². The van der Waals surface area contributed by atoms with Crippen LogP contribution in [0.25, 0.3) is 11.0 Å². The number of aromatic nitrogens is 4. The summed E-state index contributed by atoms with van der Waals surface area (Å²) in [4.78, 5) is 15.3. The average molecular weight is 387 g/mol. The van der Waals surface area contributed by atoms with Crippen LogP contribution in [-0.2, 0) is 6.42 Å². The number of nitrogens with zero attached hydrogens (tertiary/aromatic N) is 3. The Morgan fingerprint density at radius 2 is 2.19 bits per heavy atom. The van der Waals surface area contributed by atoms with E-state index in [2.05, 4.69) is 30.6 Å². The molecule has 4 heterocycles. The van der Waals surface area contributed by atoms with Crippen molar-refractivity contribution >= 4 is 28.5 Å². The molecule has 7 nitrogen and oxygen atoms in total. The first-order chi connectivity index (χ1) is 13.1. The quantitative estimate of drug-likeness (QED) is 0.355. The van der Waals surface area contributed by atoms with E-state index in [1.54, 1.807) is 36.7 Å². The maximum Gasteiger partial charge on any atom is 0.226 e. The number of hydrogen-bond donors (Lipinski definition) is 3. The highest BCUT2D eigenvalue weighted by Gasteiger charge is 2.15. The van der Waals surface area contributed by atoms with Gasteiger partial charge in [0.2, 0.25) is 11.8 Å². The Kier molecular flexibility index (Phi) is 4.64. The van der Waals surface area contributed by atoms with Crippen LogP contribution < -0.4 is 15.4 Å². The van der Waals surface area contributed by atoms with Crippen LogP contribution in [0.2, 0.25) is 0 Å². The fourth-order valence-corrected chi connectivity index (χ4v) is 2.98. The van der Waals surface area contributed by atoms with E-state index >= 15 is 0 Å². The van der Waals surface area contributed by atoms with Gasteiger partial charge in [0.25, 0.3) is 0 Å². The lowest BCUT2D eigenvalue weighted by Crippen LogP contribution is -2.20. The Morgan fingerprint density at radius 1 is 1.30 bits per heavy atom. The minimum Gasteiger partial charge on any atom is -0.480 e. The van der Waals surface area contributed by atoms with Crippen molar-refractivity contribution in [2.24, 2.45) is 0 Å². The number of rotatable bonds is 5. The second-order valence-electron chi connectivity index (χ2n) is 5.90. The number of halogens is 2. The number of methoxy groups -OCH3 is 1. The summed E-state index contributed by atoms with van der Waals surface area (Å²) in [6.07, 6.45) is 8.82. The third-order valence-electron chi connectivity index (χ3n) is 4.13. The highest BCUT2D eigenvalue weighted by atomic mass is 35.5. The van der Waals surface area contributed by atoms with E-state index in [4.69, 9.17) is 16.3 Å². The molecule has 0 saturated heterocycles. The fourth-order valence-electron chi connectivity index (χ4n) is 2.85. The van der Waals surface area contributed by atoms with Crippen LogP contribution in [0.3, 0.4) is 0 Å². The molecule has 3 N–H and O–H groups in total. The molecule has 1 aliphatic rings. The molecule has 1 unspecified atom stereocenters. The molecule has 0 saturated carbocycles. The molecule has 0 spiro atoms. The van der Waals surface area contributed by atoms with Crippen LogP contribution in [0.15, 0.2) is 48.7 Å². The number of fused-ring (bicyclic) bond motifs is 1. The molecule has 3 aromatic heterocycles. The first kappa shape index (κ1) is 17.3. The number of aromatic amines is 1. The van der Waals surface area contributed by atoms with Gasteiger partial charge in [0.15, 0.2) is 0 Å². The maximum atomic E-state index is 14.5. The molecule has 0 fully saturated rings. The van der Waals surface area contributed by atoms with Gasteiger partial charge in [0.1, 0.15) is 23.3 Å². The maximum absolute atomic E-state index is 14.5. The summed E-state index contributed by atoms with van der Waals surface area (Å²) in [6.45, 7) is 0. The summed E-state index contributed by atoms with van der Waals surface area (Å²) in [6, 6.07) is 3.42. The van der Waals surface area contributed by atoms with Gasteiger partial charge in [-0.25, -0.2) is 15.0 Å². The second kappa shape index (κ2) is 7.24. The number of ether oxygens (including phenoxy) is 1. The van der Waals surface area contributed by atoms with Crippen LogP contribution in [0, 0.1) is 5.95 Å². The second-order valence-corrected chi connectivity index (χ2v) is 6.37. The first-order valence-electron chi connectivity index (χ1n) is 8.20. The summed E-state index contributed by atoms with van der Waals surface area (Å²) in [5, 5.41) is 6.71. The number of anilines is 1. The van der Waals surface area contributed by atoms with Crippen LogP contribution in [0.4, 0.5) is 10.2 Å². The van der Waals surface area contributed by atoms with E-state index in [1.807, 2.05) is 0 Å². The van der Waals surface area contributed by atoms with E-state index in [9.17, 15) is 4.39 Å². The molecule has 0 radical (unpaired) electrons. The third kappa shape index (κ3) is 3.56. The van der Waals surface area contributed by atoms with Crippen molar-refractivity contribution < 1.29 is 9.13 Å². The molecule has 138 valence electrons. The Labute approximate surface area is 159 Å². The van der Waals surface area contributed by atoms with E-state index in [1.165, 1.54) is 13.4 Å². The fraction of sp³-hybridized carbons (Fsp3) is 0.167. The Morgan fingerprint density at radius 3 is 2.93 bits per heavy atom. The molecule has 0 aliphatic carbocycles. The number of alkyl halides is 1. The number of nitrogens with one attached hydrogen (secondary N) is 3. The number of hydrogen-bond acceptors (Lipinski definition) is 6. The van der Waals surface area contributed by atoms with E-state index in [0.29, 0.717) is 29.3 Å². The summed E-state index contributed by atoms with van der Waals surface area (Å²) in [5.41, 5.74) is 2.42. The molecule has 0 aromatic carbocycles. The number of allylic oxidation sites excluding steroid dienone is 1. The molecule has 0 amide bonds. The molecule has 0 bridgehead atoms. The highest BCUT2D eigenvalue weighted by Crippen LogP contribution is 2.27. The molecule has 27 heavy (non-hydrogen) atoms. The van der Waals surface area contributed by atoms with Gasteiger partial charge in [-0.15, -0.1) is 0 Å². The number of dihydropyridines is 1. The van der Waals surface area contributed by atoms with Gasteiger partial charge < -0.3 is 20.4 Å². The zero-order chi connectivity index (χ0) is 18.8. The van der Waals surface area contributed by atoms with Crippen molar-refractivity contribution in [1.82, 2.24) is 25.3 Å². The lowest BCUT2D eigenvalue weighted by molar-refractivity contribution is 0.402. The summed E-state index contributed by atoms with van der Waals surface area (Å²) in [5.74, 6) is 0.305. The summed E-state index contributed by atoms with van der Waals surface area (Å²) < 4.78 is 19.8. The monoisotopic (exact) mass is 386 g/mol. The minimum atomic E-state index is -0.547. The molecule has 9 heteroatoms. The highest BCUT2D eigenvalue weighted by molar-refractivity contribution is 6.21. The number of pyridine rings is 1. The normalized spacial score (nSPS) is 16.1. The van der Waals surface area contributed by atoms with Crippen molar-refractivity contribution in [2.75, 3.05) is 12.4 Å². The van der Waals surface area contributed by atoms with Gasteiger partial charge >= 0.3 is 0 Å². The van der Waals surface area contributed by atoms with Gasteiger partial charge in [0, 0.05) is 24.4 Å². The van der Waals surface area contributed by atoms with E-state index in [0.717, 1.165) is 16.6 Å². The average Bonchev–Trinajstić information content (AvgIpc) is 3.09. The zero-order valence-electron chi connectivity index (χ0n) is 14.3. The molecule has 3 aromatic rings. The Hall–Kier alpha value is -3.13. The van der Waals surface area contributed by atoms with Gasteiger partial charge in [-0.1, -0.05) is 17.7 Å². The van der Waals surface area contributed by atoms with Gasteiger partial charge in [-0.2, -0.15) is 4.39 Å². The Balaban J connectivity index is 1.56. The van der Waals surface area contributed by atoms with E-state index in [-0.39, 0.29) is 5.50 Å². The molecular weight excluding hydrogens is 371 g/mol. The van der Waals surface area contributed by atoms with Gasteiger partial charge in [0.05, 0.1) is 18.2 Å². The van der Waals surface area contributed by atoms with Crippen LogP contribution in [0.5, 0.6) is 5.88 Å². The van der Waals surface area contributed by atoms with Crippen molar-refractivity contribution in [3.05, 3.63) is 65.8 Å². The smallest absolute Gasteiger partial charge is 0.226 e. The van der Waals surface area contributed by atoms with Crippen LogP contribution in [-0.4, -0.2) is 32.5 Å².